The van der Waals surface area contributed by atoms with E-state index in [1.165, 1.54) is 0 Å². The van der Waals surface area contributed by atoms with Gasteiger partial charge in [-0.05, 0) is 26.8 Å². The van der Waals surface area contributed by atoms with Gasteiger partial charge < -0.3 is 19.5 Å². The Hall–Kier alpha value is -2.42. The van der Waals surface area contributed by atoms with Crippen LogP contribution in [0.4, 0.5) is 4.79 Å². The second-order valence-electron chi connectivity index (χ2n) is 6.54. The molecule has 0 radical (unpaired) electrons. The van der Waals surface area contributed by atoms with Crippen LogP contribution in [0.3, 0.4) is 0 Å². The van der Waals surface area contributed by atoms with Crippen LogP contribution in [0.1, 0.15) is 42.5 Å². The van der Waals surface area contributed by atoms with E-state index in [2.05, 4.69) is 25.7 Å². The number of nitrogens with one attached hydrogen (secondary N) is 2. The van der Waals surface area contributed by atoms with E-state index in [4.69, 9.17) is 9.26 Å². The number of likely N-dealkylation sites (tertiary alicyclic amines) is 1. The summed E-state index contributed by atoms with van der Waals surface area (Å²) in [5, 5.41) is 14.0. The third-order valence-corrected chi connectivity index (χ3v) is 4.33. The Bertz CT molecular complexity index is 727. The van der Waals surface area contributed by atoms with Crippen LogP contribution in [0, 0.1) is 13.8 Å². The molecule has 1 aliphatic heterocycles. The molecule has 3 rings (SSSR count). The van der Waals surface area contributed by atoms with Crippen LogP contribution >= 0.6 is 0 Å². The maximum atomic E-state index is 12.7. The topological polar surface area (TPSA) is 109 Å². The third kappa shape index (κ3) is 3.98. The number of hydrogen-bond acceptors (Lipinski definition) is 6. The third-order valence-electron chi connectivity index (χ3n) is 4.33. The number of rotatable bonds is 5. The molecule has 2 aromatic heterocycles. The van der Waals surface area contributed by atoms with E-state index in [9.17, 15) is 4.79 Å². The lowest BCUT2D eigenvalue weighted by Gasteiger charge is -2.24. The number of carbonyl (C=O) groups excluding carboxylic acids is 1. The van der Waals surface area contributed by atoms with Crippen LogP contribution in [0.5, 0.6) is 0 Å². The molecule has 2 aromatic rings. The molecule has 0 spiro atoms. The number of amides is 2. The van der Waals surface area contributed by atoms with Crippen LogP contribution in [0.25, 0.3) is 0 Å². The first-order valence-electron chi connectivity index (χ1n) is 8.37. The molecule has 1 aliphatic rings. The number of hydrogen-bond donors (Lipinski definition) is 2. The van der Waals surface area contributed by atoms with Gasteiger partial charge in [-0.3, -0.25) is 5.10 Å². The van der Waals surface area contributed by atoms with Gasteiger partial charge in [0.25, 0.3) is 0 Å². The number of ether oxygens (including phenoxy) is 1. The minimum absolute atomic E-state index is 0.0488. The Morgan fingerprint density at radius 1 is 1.56 bits per heavy atom. The normalized spacial score (nSPS) is 21.5. The van der Waals surface area contributed by atoms with Gasteiger partial charge in [0.2, 0.25) is 5.89 Å². The summed E-state index contributed by atoms with van der Waals surface area (Å²) in [4.78, 5) is 18.7. The fourth-order valence-electron chi connectivity index (χ4n) is 3.11. The van der Waals surface area contributed by atoms with Crippen LogP contribution in [-0.4, -0.2) is 57.1 Å². The molecule has 9 nitrogen and oxygen atoms in total. The summed E-state index contributed by atoms with van der Waals surface area (Å²) in [5.74, 6) is 1.00. The Labute approximate surface area is 146 Å². The van der Waals surface area contributed by atoms with E-state index in [1.807, 2.05) is 19.9 Å². The molecule has 1 fully saturated rings. The second-order valence-corrected chi connectivity index (χ2v) is 6.54. The van der Waals surface area contributed by atoms with Crippen molar-refractivity contribution in [3.05, 3.63) is 29.2 Å². The number of aromatic amines is 1. The van der Waals surface area contributed by atoms with Crippen molar-refractivity contribution in [1.82, 2.24) is 30.6 Å². The predicted octanol–water partition coefficient (Wildman–Crippen LogP) is 1.51. The number of methoxy groups -OCH3 is 1. The first-order chi connectivity index (χ1) is 12.0. The molecule has 0 bridgehead atoms. The first-order valence-corrected chi connectivity index (χ1v) is 8.37. The predicted molar refractivity (Wildman–Crippen MR) is 88.9 cm³/mol. The average Bonchev–Trinajstić information content (AvgIpc) is 3.26. The number of urea groups is 1. The Morgan fingerprint density at radius 3 is 2.96 bits per heavy atom. The molecule has 0 unspecified atom stereocenters. The van der Waals surface area contributed by atoms with E-state index in [1.54, 1.807) is 18.9 Å². The van der Waals surface area contributed by atoms with Gasteiger partial charge >= 0.3 is 6.03 Å². The zero-order valence-electron chi connectivity index (χ0n) is 14.9. The monoisotopic (exact) mass is 348 g/mol. The van der Waals surface area contributed by atoms with E-state index in [-0.39, 0.29) is 24.2 Å². The minimum atomic E-state index is -0.272. The highest BCUT2D eigenvalue weighted by molar-refractivity contribution is 5.75. The van der Waals surface area contributed by atoms with Crippen molar-refractivity contribution >= 4 is 6.03 Å². The molecule has 1 saturated heterocycles. The molecule has 0 saturated carbocycles. The summed E-state index contributed by atoms with van der Waals surface area (Å²) in [6.07, 6.45) is 1.24. The van der Waals surface area contributed by atoms with Crippen LogP contribution in [-0.2, 0) is 11.2 Å². The average molecular weight is 348 g/mol. The van der Waals surface area contributed by atoms with Crippen molar-refractivity contribution in [3.8, 4) is 0 Å². The lowest BCUT2D eigenvalue weighted by molar-refractivity contribution is 0.110. The number of nitrogens with zero attached hydrogens (tertiary/aromatic N) is 4. The highest BCUT2D eigenvalue weighted by Crippen LogP contribution is 2.32. The summed E-state index contributed by atoms with van der Waals surface area (Å²) in [7, 11) is 1.64. The second kappa shape index (κ2) is 7.22. The lowest BCUT2D eigenvalue weighted by atomic mass is 10.2. The molecule has 136 valence electrons. The Morgan fingerprint density at radius 2 is 2.36 bits per heavy atom. The summed E-state index contributed by atoms with van der Waals surface area (Å²) in [6, 6.07) is 1.48. The molecule has 25 heavy (non-hydrogen) atoms. The smallest absolute Gasteiger partial charge is 0.318 e. The van der Waals surface area contributed by atoms with Crippen molar-refractivity contribution in [2.75, 3.05) is 13.7 Å². The van der Waals surface area contributed by atoms with Gasteiger partial charge in [0, 0.05) is 38.2 Å². The number of aromatic nitrogens is 4. The lowest BCUT2D eigenvalue weighted by Crippen LogP contribution is -2.44. The SMILES string of the molecule is CO[C@H]1C[C@H](c2nc(C)no2)N(C(=O)N[C@H](C)Cc2cc(C)[nH]n2)C1. The van der Waals surface area contributed by atoms with Gasteiger partial charge in [-0.25, -0.2) is 4.79 Å². The fourth-order valence-corrected chi connectivity index (χ4v) is 3.11. The maximum absolute atomic E-state index is 12.7. The van der Waals surface area contributed by atoms with Crippen molar-refractivity contribution < 1.29 is 14.1 Å². The Kier molecular flexibility index (Phi) is 5.03. The quantitative estimate of drug-likeness (QED) is 0.848. The van der Waals surface area contributed by atoms with Gasteiger partial charge in [0.15, 0.2) is 5.82 Å². The minimum Gasteiger partial charge on any atom is -0.380 e. The van der Waals surface area contributed by atoms with Gasteiger partial charge in [0.1, 0.15) is 6.04 Å². The summed E-state index contributed by atoms with van der Waals surface area (Å²) >= 11 is 0. The molecule has 9 heteroatoms. The van der Waals surface area contributed by atoms with E-state index in [0.29, 0.717) is 31.1 Å². The molecule has 2 amide bonds. The fraction of sp³-hybridized carbons (Fsp3) is 0.625. The summed E-state index contributed by atoms with van der Waals surface area (Å²) in [6.45, 7) is 6.15. The molecule has 3 atom stereocenters. The molecule has 0 aromatic carbocycles. The standard InChI is InChI=1S/C16H24N6O3/c1-9(5-12-6-10(2)19-20-12)17-16(23)22-8-13(24-4)7-14(22)15-18-11(3)21-25-15/h6,9,13-14H,5,7-8H2,1-4H3,(H,17,23)(H,19,20)/t9-,13+,14-/m1/s1. The van der Waals surface area contributed by atoms with E-state index < -0.39 is 0 Å². The maximum Gasteiger partial charge on any atom is 0.318 e. The van der Waals surface area contributed by atoms with Gasteiger partial charge in [-0.1, -0.05) is 5.16 Å². The summed E-state index contributed by atoms with van der Waals surface area (Å²) < 4.78 is 10.7. The van der Waals surface area contributed by atoms with Crippen molar-refractivity contribution in [3.63, 3.8) is 0 Å². The van der Waals surface area contributed by atoms with Crippen molar-refractivity contribution in [2.45, 2.75) is 51.8 Å². The Balaban J connectivity index is 1.66. The van der Waals surface area contributed by atoms with Crippen LogP contribution in [0.2, 0.25) is 0 Å². The van der Waals surface area contributed by atoms with Gasteiger partial charge in [0.05, 0.1) is 11.8 Å². The largest absolute Gasteiger partial charge is 0.380 e. The number of H-pyrrole nitrogens is 1. The highest BCUT2D eigenvalue weighted by atomic mass is 16.5. The van der Waals surface area contributed by atoms with Crippen LogP contribution in [0.15, 0.2) is 10.6 Å². The van der Waals surface area contributed by atoms with Crippen molar-refractivity contribution in [1.29, 1.82) is 0 Å². The number of aryl methyl sites for hydroxylation is 2. The number of carbonyl (C=O) groups is 1. The van der Waals surface area contributed by atoms with Crippen molar-refractivity contribution in [2.24, 2.45) is 0 Å². The van der Waals surface area contributed by atoms with Crippen LogP contribution < -0.4 is 5.32 Å². The zero-order valence-corrected chi connectivity index (χ0v) is 14.9. The molecule has 0 aliphatic carbocycles. The van der Waals surface area contributed by atoms with E-state index in [0.717, 1.165) is 11.4 Å². The van der Waals surface area contributed by atoms with Gasteiger partial charge in [-0.15, -0.1) is 0 Å². The highest BCUT2D eigenvalue weighted by Gasteiger charge is 2.39. The molecule has 3 heterocycles. The summed E-state index contributed by atoms with van der Waals surface area (Å²) in [5.41, 5.74) is 1.92. The zero-order chi connectivity index (χ0) is 18.0. The van der Waals surface area contributed by atoms with Gasteiger partial charge in [-0.2, -0.15) is 10.1 Å². The molecular weight excluding hydrogens is 324 g/mol. The molecule has 2 N–H and O–H groups in total. The van der Waals surface area contributed by atoms with E-state index >= 15 is 0 Å². The molecular formula is C16H24N6O3. The first kappa shape index (κ1) is 17.4.